The lowest BCUT2D eigenvalue weighted by Gasteiger charge is -2.29. The van der Waals surface area contributed by atoms with Gasteiger partial charge in [0, 0.05) is 16.7 Å². The molecule has 0 bridgehead atoms. The minimum Gasteiger partial charge on any atom is -0.482 e. The van der Waals surface area contributed by atoms with Crippen molar-refractivity contribution in [2.75, 3.05) is 31.3 Å². The average Bonchev–Trinajstić information content (AvgIpc) is 2.40. The first-order chi connectivity index (χ1) is 9.22. The normalized spacial score (nSPS) is 14.2. The molecule has 19 heavy (non-hydrogen) atoms. The molecular weight excluding hydrogens is 357 g/mol. The van der Waals surface area contributed by atoms with Crippen LogP contribution in [0.2, 0.25) is 0 Å². The molecule has 1 amide bonds. The lowest BCUT2D eigenvalue weighted by molar-refractivity contribution is -0.121. The summed E-state index contributed by atoms with van der Waals surface area (Å²) in [4.78, 5) is 13.7. The quantitative estimate of drug-likeness (QED) is 0.567. The molecule has 0 radical (unpaired) electrons. The minimum absolute atomic E-state index is 0.00593. The van der Waals surface area contributed by atoms with Gasteiger partial charge in [-0.2, -0.15) is 0 Å². The Bertz CT molecular complexity index is 450. The predicted octanol–water partition coefficient (Wildman–Crippen LogP) is 2.83. The van der Waals surface area contributed by atoms with E-state index >= 15 is 0 Å². The third-order valence-electron chi connectivity index (χ3n) is 2.97. The summed E-state index contributed by atoms with van der Waals surface area (Å²) in [5.41, 5.74) is 0.849. The maximum absolute atomic E-state index is 11.9. The maximum atomic E-state index is 11.9. The highest BCUT2D eigenvalue weighted by Gasteiger charge is 2.25. The van der Waals surface area contributed by atoms with Crippen LogP contribution in [0.1, 0.15) is 19.8 Å². The molecule has 104 valence electrons. The number of rotatable bonds is 6. The molecule has 2 rings (SSSR count). The second-order valence-electron chi connectivity index (χ2n) is 4.41. The zero-order chi connectivity index (χ0) is 13.7. The molecule has 1 aromatic carbocycles. The number of hydrogen-bond acceptors (Lipinski definition) is 3. The number of unbranched alkanes of at least 4 members (excludes halogenated alkanes) is 1. The van der Waals surface area contributed by atoms with E-state index < -0.39 is 0 Å². The van der Waals surface area contributed by atoms with Gasteiger partial charge in [-0.3, -0.25) is 4.79 Å². The number of hydrogen-bond donors (Lipinski definition) is 0. The molecule has 0 aromatic heterocycles. The number of nitrogens with zero attached hydrogens (tertiary/aromatic N) is 1. The van der Waals surface area contributed by atoms with Crippen molar-refractivity contribution in [3.8, 4) is 5.75 Å². The van der Waals surface area contributed by atoms with Crippen LogP contribution < -0.4 is 9.64 Å². The van der Waals surface area contributed by atoms with Gasteiger partial charge < -0.3 is 14.4 Å². The first-order valence-corrected chi connectivity index (χ1v) is 7.60. The standard InChI is InChI=1S/C14H18INO3/c1-2-3-7-18-8-6-16-12-9-11(15)4-5-13(12)19-10-14(16)17/h4-5,9H,2-3,6-8,10H2,1H3. The Morgan fingerprint density at radius 2 is 2.26 bits per heavy atom. The van der Waals surface area contributed by atoms with Gasteiger partial charge in [0.1, 0.15) is 5.75 Å². The van der Waals surface area contributed by atoms with Crippen molar-refractivity contribution in [2.45, 2.75) is 19.8 Å². The van der Waals surface area contributed by atoms with Gasteiger partial charge >= 0.3 is 0 Å². The zero-order valence-corrected chi connectivity index (χ0v) is 13.2. The van der Waals surface area contributed by atoms with Gasteiger partial charge in [-0.15, -0.1) is 0 Å². The largest absolute Gasteiger partial charge is 0.482 e. The first kappa shape index (κ1) is 14.6. The number of anilines is 1. The molecule has 4 nitrogen and oxygen atoms in total. The molecule has 1 aliphatic rings. The monoisotopic (exact) mass is 375 g/mol. The number of benzene rings is 1. The van der Waals surface area contributed by atoms with Gasteiger partial charge in [0.2, 0.25) is 0 Å². The highest BCUT2D eigenvalue weighted by atomic mass is 127. The van der Waals surface area contributed by atoms with Crippen molar-refractivity contribution in [3.05, 3.63) is 21.8 Å². The lowest BCUT2D eigenvalue weighted by Crippen LogP contribution is -2.40. The number of halogens is 1. The SMILES string of the molecule is CCCCOCCN1C(=O)COc2ccc(I)cc21. The van der Waals surface area contributed by atoms with Crippen LogP contribution in [0.15, 0.2) is 18.2 Å². The van der Waals surface area contributed by atoms with Crippen LogP contribution in [0, 0.1) is 3.57 Å². The molecular formula is C14H18INO3. The molecule has 0 spiro atoms. The van der Waals surface area contributed by atoms with Crippen LogP contribution in [-0.4, -0.2) is 32.3 Å². The first-order valence-electron chi connectivity index (χ1n) is 6.53. The van der Waals surface area contributed by atoms with E-state index in [1.807, 2.05) is 18.2 Å². The van der Waals surface area contributed by atoms with E-state index in [1.165, 1.54) is 0 Å². The van der Waals surface area contributed by atoms with E-state index in [1.54, 1.807) is 4.90 Å². The molecule has 0 N–H and O–H groups in total. The van der Waals surface area contributed by atoms with Crippen molar-refractivity contribution in [1.82, 2.24) is 0 Å². The van der Waals surface area contributed by atoms with Gasteiger partial charge in [0.25, 0.3) is 5.91 Å². The third kappa shape index (κ3) is 3.82. The van der Waals surface area contributed by atoms with Gasteiger partial charge in [-0.05, 0) is 47.2 Å². The molecule has 0 saturated heterocycles. The average molecular weight is 375 g/mol. The molecule has 0 unspecified atom stereocenters. The minimum atomic E-state index is -0.00593. The van der Waals surface area contributed by atoms with Crippen LogP contribution >= 0.6 is 22.6 Å². The summed E-state index contributed by atoms with van der Waals surface area (Å²) < 4.78 is 12.1. The highest BCUT2D eigenvalue weighted by Crippen LogP contribution is 2.33. The second kappa shape index (κ2) is 7.09. The fraction of sp³-hybridized carbons (Fsp3) is 0.500. The molecule has 0 aliphatic carbocycles. The van der Waals surface area contributed by atoms with Crippen LogP contribution in [-0.2, 0) is 9.53 Å². The zero-order valence-electron chi connectivity index (χ0n) is 11.0. The van der Waals surface area contributed by atoms with E-state index in [0.717, 1.165) is 34.5 Å². The highest BCUT2D eigenvalue weighted by molar-refractivity contribution is 14.1. The van der Waals surface area contributed by atoms with Gasteiger partial charge in [-0.25, -0.2) is 0 Å². The van der Waals surface area contributed by atoms with Crippen molar-refractivity contribution in [1.29, 1.82) is 0 Å². The molecule has 5 heteroatoms. The number of carbonyl (C=O) groups is 1. The summed E-state index contributed by atoms with van der Waals surface area (Å²) in [6.07, 6.45) is 2.18. The Morgan fingerprint density at radius 1 is 1.42 bits per heavy atom. The second-order valence-corrected chi connectivity index (χ2v) is 5.66. The summed E-state index contributed by atoms with van der Waals surface area (Å²) in [5, 5.41) is 0. The number of amides is 1. The van der Waals surface area contributed by atoms with Crippen molar-refractivity contribution < 1.29 is 14.3 Å². The van der Waals surface area contributed by atoms with Crippen LogP contribution in [0.3, 0.4) is 0 Å². The molecule has 1 heterocycles. The topological polar surface area (TPSA) is 38.8 Å². The van der Waals surface area contributed by atoms with Crippen molar-refractivity contribution in [2.24, 2.45) is 0 Å². The molecule has 0 fully saturated rings. The van der Waals surface area contributed by atoms with E-state index in [9.17, 15) is 4.79 Å². The number of carbonyl (C=O) groups excluding carboxylic acids is 1. The van der Waals surface area contributed by atoms with Crippen molar-refractivity contribution >= 4 is 34.2 Å². The summed E-state index contributed by atoms with van der Waals surface area (Å²) in [5.74, 6) is 0.766. The van der Waals surface area contributed by atoms with Crippen LogP contribution in [0.4, 0.5) is 5.69 Å². The number of fused-ring (bicyclic) bond motifs is 1. The van der Waals surface area contributed by atoms with E-state index in [-0.39, 0.29) is 12.5 Å². The molecule has 0 saturated carbocycles. The van der Waals surface area contributed by atoms with Gasteiger partial charge in [0.05, 0.1) is 12.3 Å². The maximum Gasteiger partial charge on any atom is 0.265 e. The predicted molar refractivity (Wildman–Crippen MR) is 82.7 cm³/mol. The lowest BCUT2D eigenvalue weighted by atomic mass is 10.2. The van der Waals surface area contributed by atoms with E-state index in [2.05, 4.69) is 29.5 Å². The summed E-state index contributed by atoms with van der Waals surface area (Å²) in [6, 6.07) is 5.86. The smallest absolute Gasteiger partial charge is 0.265 e. The Hall–Kier alpha value is -0.820. The van der Waals surface area contributed by atoms with Gasteiger partial charge in [0.15, 0.2) is 6.61 Å². The summed E-state index contributed by atoms with van der Waals surface area (Å²) >= 11 is 2.23. The summed E-state index contributed by atoms with van der Waals surface area (Å²) in [7, 11) is 0. The van der Waals surface area contributed by atoms with E-state index in [4.69, 9.17) is 9.47 Å². The number of ether oxygens (including phenoxy) is 2. The van der Waals surface area contributed by atoms with Crippen LogP contribution in [0.25, 0.3) is 0 Å². The fourth-order valence-corrected chi connectivity index (χ4v) is 2.40. The Kier molecular flexibility index (Phi) is 5.45. The van der Waals surface area contributed by atoms with E-state index in [0.29, 0.717) is 13.2 Å². The van der Waals surface area contributed by atoms with Crippen LogP contribution in [0.5, 0.6) is 5.75 Å². The Labute approximate surface area is 127 Å². The fourth-order valence-electron chi connectivity index (χ4n) is 1.92. The molecule has 1 aliphatic heterocycles. The molecule has 0 atom stereocenters. The van der Waals surface area contributed by atoms with Crippen molar-refractivity contribution in [3.63, 3.8) is 0 Å². The molecule has 1 aromatic rings. The Morgan fingerprint density at radius 3 is 3.05 bits per heavy atom. The third-order valence-corrected chi connectivity index (χ3v) is 3.64. The summed E-state index contributed by atoms with van der Waals surface area (Å²) in [6.45, 7) is 4.15. The Balaban J connectivity index is 1.99. The van der Waals surface area contributed by atoms with Gasteiger partial charge in [-0.1, -0.05) is 13.3 Å².